The molecule has 0 saturated heterocycles. The molecule has 0 saturated carbocycles. The third-order valence-electron chi connectivity index (χ3n) is 3.56. The van der Waals surface area contributed by atoms with E-state index in [1.807, 2.05) is 27.7 Å². The topological polar surface area (TPSA) is 105 Å². The van der Waals surface area contributed by atoms with Gasteiger partial charge in [0.15, 0.2) is 0 Å². The highest BCUT2D eigenvalue weighted by Gasteiger charge is 2.19. The molecule has 1 rings (SSSR count). The highest BCUT2D eigenvalue weighted by atomic mass is 16.6. The Labute approximate surface area is 154 Å². The maximum atomic E-state index is 12.2. The number of nitro groups is 1. The number of nitrogens with one attached hydrogen (secondary N) is 2. The molecule has 0 aliphatic carbocycles. The minimum Gasteiger partial charge on any atom is -0.385 e. The number of benzene rings is 1. The maximum Gasteiger partial charge on any atom is 0.269 e. The maximum absolute atomic E-state index is 12.2. The Morgan fingerprint density at radius 3 is 2.31 bits per heavy atom. The first kappa shape index (κ1) is 21.4. The number of rotatable bonds is 9. The first-order valence-electron chi connectivity index (χ1n) is 8.69. The summed E-state index contributed by atoms with van der Waals surface area (Å²) >= 11 is 0. The van der Waals surface area contributed by atoms with Gasteiger partial charge in [0.25, 0.3) is 5.69 Å². The van der Waals surface area contributed by atoms with E-state index >= 15 is 0 Å². The van der Waals surface area contributed by atoms with Gasteiger partial charge in [0.1, 0.15) is 0 Å². The third kappa shape index (κ3) is 7.96. The summed E-state index contributed by atoms with van der Waals surface area (Å²) in [5, 5.41) is 16.6. The van der Waals surface area contributed by atoms with Crippen LogP contribution in [0.2, 0.25) is 0 Å². The fourth-order valence-electron chi connectivity index (χ4n) is 2.34. The van der Waals surface area contributed by atoms with Gasteiger partial charge in [-0.3, -0.25) is 19.7 Å². The van der Waals surface area contributed by atoms with Crippen LogP contribution >= 0.6 is 0 Å². The normalized spacial score (nSPS) is 10.9. The number of nitro benzene ring substituents is 1. The molecule has 0 aromatic heterocycles. The molecule has 0 atom stereocenters. The molecule has 0 heterocycles. The monoisotopic (exact) mass is 364 g/mol. The fraction of sp³-hybridized carbons (Fsp3) is 0.556. The highest BCUT2D eigenvalue weighted by molar-refractivity contribution is 5.85. The van der Waals surface area contributed by atoms with Crippen molar-refractivity contribution in [3.63, 3.8) is 0 Å². The molecule has 2 N–H and O–H groups in total. The second-order valence-corrected chi connectivity index (χ2v) is 7.04. The van der Waals surface area contributed by atoms with Crippen molar-refractivity contribution in [2.24, 2.45) is 0 Å². The predicted octanol–water partition coefficient (Wildman–Crippen LogP) is 2.55. The summed E-state index contributed by atoms with van der Waals surface area (Å²) in [6, 6.07) is 6.13. The van der Waals surface area contributed by atoms with Crippen molar-refractivity contribution in [3.8, 4) is 0 Å². The average molecular weight is 364 g/mol. The van der Waals surface area contributed by atoms with Crippen LogP contribution in [0.3, 0.4) is 0 Å². The zero-order valence-electron chi connectivity index (χ0n) is 15.9. The number of hydrogen-bond acceptors (Lipinski definition) is 5. The first-order valence-corrected chi connectivity index (χ1v) is 8.69. The van der Waals surface area contributed by atoms with Gasteiger partial charge in [-0.25, -0.2) is 0 Å². The lowest BCUT2D eigenvalue weighted by molar-refractivity contribution is -0.384. The summed E-state index contributed by atoms with van der Waals surface area (Å²) in [7, 11) is 0. The van der Waals surface area contributed by atoms with Crippen molar-refractivity contribution in [2.75, 3.05) is 25.0 Å². The molecule has 0 aliphatic rings. The number of non-ortho nitro benzene ring substituents is 1. The summed E-state index contributed by atoms with van der Waals surface area (Å²) in [6.07, 6.45) is 0.934. The average Bonchev–Trinajstić information content (AvgIpc) is 2.55. The van der Waals surface area contributed by atoms with Crippen LogP contribution < -0.4 is 10.6 Å². The number of carbonyl (C=O) groups excluding carboxylic acids is 2. The van der Waals surface area contributed by atoms with Crippen molar-refractivity contribution in [1.82, 2.24) is 10.2 Å². The quantitative estimate of drug-likeness (QED) is 0.398. The third-order valence-corrected chi connectivity index (χ3v) is 3.56. The second-order valence-electron chi connectivity index (χ2n) is 7.04. The van der Waals surface area contributed by atoms with Gasteiger partial charge in [0, 0.05) is 42.9 Å². The van der Waals surface area contributed by atoms with E-state index in [0.29, 0.717) is 25.9 Å². The van der Waals surface area contributed by atoms with E-state index in [1.54, 1.807) is 12.1 Å². The SMILES string of the molecule is CCN(CC(=O)NC(C)(C)C)C(=O)CCCNc1ccc([N+](=O)[O-])cc1. The molecule has 0 bridgehead atoms. The van der Waals surface area contributed by atoms with Gasteiger partial charge in [-0.15, -0.1) is 0 Å². The van der Waals surface area contributed by atoms with Gasteiger partial charge in [0.2, 0.25) is 11.8 Å². The lowest BCUT2D eigenvalue weighted by Gasteiger charge is -2.25. The highest BCUT2D eigenvalue weighted by Crippen LogP contribution is 2.15. The molecular formula is C18H28N4O4. The number of nitrogens with zero attached hydrogens (tertiary/aromatic N) is 2. The van der Waals surface area contributed by atoms with E-state index < -0.39 is 4.92 Å². The van der Waals surface area contributed by atoms with Gasteiger partial charge >= 0.3 is 0 Å². The molecule has 1 aromatic rings. The van der Waals surface area contributed by atoms with Gasteiger partial charge in [-0.1, -0.05) is 0 Å². The fourth-order valence-corrected chi connectivity index (χ4v) is 2.34. The predicted molar refractivity (Wildman–Crippen MR) is 101 cm³/mol. The molecule has 2 amide bonds. The number of likely N-dealkylation sites (N-methyl/N-ethyl adjacent to an activating group) is 1. The van der Waals surface area contributed by atoms with Gasteiger partial charge in [-0.2, -0.15) is 0 Å². The van der Waals surface area contributed by atoms with Crippen LogP contribution in [0.15, 0.2) is 24.3 Å². The van der Waals surface area contributed by atoms with Crippen molar-refractivity contribution in [3.05, 3.63) is 34.4 Å². The number of carbonyl (C=O) groups is 2. The summed E-state index contributed by atoms with van der Waals surface area (Å²) in [5.41, 5.74) is 0.478. The molecular weight excluding hydrogens is 336 g/mol. The van der Waals surface area contributed by atoms with Crippen LogP contribution in [0.25, 0.3) is 0 Å². The van der Waals surface area contributed by atoms with Crippen molar-refractivity contribution >= 4 is 23.2 Å². The molecule has 8 heteroatoms. The molecule has 26 heavy (non-hydrogen) atoms. The number of hydrogen-bond donors (Lipinski definition) is 2. The second kappa shape index (κ2) is 9.74. The molecule has 0 unspecified atom stereocenters. The summed E-state index contributed by atoms with van der Waals surface area (Å²) < 4.78 is 0. The lowest BCUT2D eigenvalue weighted by atomic mass is 10.1. The van der Waals surface area contributed by atoms with E-state index in [1.165, 1.54) is 17.0 Å². The van der Waals surface area contributed by atoms with E-state index in [-0.39, 0.29) is 29.6 Å². The van der Waals surface area contributed by atoms with Gasteiger partial charge < -0.3 is 15.5 Å². The molecule has 144 valence electrons. The minimum absolute atomic E-state index is 0.0397. The summed E-state index contributed by atoms with van der Waals surface area (Å²) in [4.78, 5) is 35.9. The lowest BCUT2D eigenvalue weighted by Crippen LogP contribution is -2.47. The van der Waals surface area contributed by atoms with Crippen molar-refractivity contribution < 1.29 is 14.5 Å². The van der Waals surface area contributed by atoms with Crippen LogP contribution in [-0.2, 0) is 9.59 Å². The Morgan fingerprint density at radius 2 is 1.81 bits per heavy atom. The Hall–Kier alpha value is -2.64. The van der Waals surface area contributed by atoms with Crippen LogP contribution in [0.4, 0.5) is 11.4 Å². The smallest absolute Gasteiger partial charge is 0.269 e. The zero-order chi connectivity index (χ0) is 19.7. The van der Waals surface area contributed by atoms with E-state index in [0.717, 1.165) is 5.69 Å². The van der Waals surface area contributed by atoms with Crippen LogP contribution in [0.1, 0.15) is 40.5 Å². The first-order chi connectivity index (χ1) is 12.1. The van der Waals surface area contributed by atoms with Gasteiger partial charge in [-0.05, 0) is 46.2 Å². The molecule has 0 spiro atoms. The summed E-state index contributed by atoms with van der Waals surface area (Å²) in [5.74, 6) is -0.237. The summed E-state index contributed by atoms with van der Waals surface area (Å²) in [6.45, 7) is 8.63. The molecule has 1 aromatic carbocycles. The largest absolute Gasteiger partial charge is 0.385 e. The van der Waals surface area contributed by atoms with Crippen molar-refractivity contribution in [1.29, 1.82) is 0 Å². The Bertz CT molecular complexity index is 623. The van der Waals surface area contributed by atoms with Gasteiger partial charge in [0.05, 0.1) is 11.5 Å². The molecule has 0 fully saturated rings. The molecule has 0 radical (unpaired) electrons. The Kier molecular flexibility index (Phi) is 8.02. The van der Waals surface area contributed by atoms with Crippen LogP contribution in [0, 0.1) is 10.1 Å². The molecule has 8 nitrogen and oxygen atoms in total. The standard InChI is InChI=1S/C18H28N4O4/c1-5-21(13-16(23)20-18(2,3)4)17(24)7-6-12-19-14-8-10-15(11-9-14)22(25)26/h8-11,19H,5-7,12-13H2,1-4H3,(H,20,23). The zero-order valence-corrected chi connectivity index (χ0v) is 15.9. The van der Waals surface area contributed by atoms with E-state index in [2.05, 4.69) is 10.6 Å². The Morgan fingerprint density at radius 1 is 1.19 bits per heavy atom. The number of amides is 2. The van der Waals surface area contributed by atoms with E-state index in [9.17, 15) is 19.7 Å². The molecule has 0 aliphatic heterocycles. The Balaban J connectivity index is 2.37. The number of anilines is 1. The van der Waals surface area contributed by atoms with Crippen LogP contribution in [0.5, 0.6) is 0 Å². The minimum atomic E-state index is -0.447. The van der Waals surface area contributed by atoms with E-state index in [4.69, 9.17) is 0 Å². The van der Waals surface area contributed by atoms with Crippen molar-refractivity contribution in [2.45, 2.75) is 46.1 Å². The van der Waals surface area contributed by atoms with Crippen LogP contribution in [-0.4, -0.2) is 46.8 Å².